The SMILES string of the molecule is Nc1cc2c(cc1-c1ccccc1)[nH]c1c3ccccc3ccc21. The summed E-state index contributed by atoms with van der Waals surface area (Å²) in [5.41, 5.74) is 11.7. The molecule has 0 unspecified atom stereocenters. The molecule has 114 valence electrons. The van der Waals surface area contributed by atoms with Gasteiger partial charge in [0, 0.05) is 32.9 Å². The quantitative estimate of drug-likeness (QED) is 0.382. The Hall–Kier alpha value is -3.26. The Morgan fingerprint density at radius 1 is 0.667 bits per heavy atom. The van der Waals surface area contributed by atoms with Crippen molar-refractivity contribution in [3.8, 4) is 11.1 Å². The molecule has 0 atom stereocenters. The number of hydrogen-bond donors (Lipinski definition) is 2. The smallest absolute Gasteiger partial charge is 0.0544 e. The molecule has 2 heteroatoms. The molecule has 2 nitrogen and oxygen atoms in total. The Morgan fingerprint density at radius 3 is 2.33 bits per heavy atom. The standard InChI is InChI=1S/C22H16N2/c23-20-12-19-17-11-10-15-8-4-5-9-16(15)22(17)24-21(19)13-18(20)14-6-2-1-3-7-14/h1-13,24H,23H2. The van der Waals surface area contributed by atoms with E-state index >= 15 is 0 Å². The Kier molecular flexibility index (Phi) is 2.68. The van der Waals surface area contributed by atoms with Crippen molar-refractivity contribution in [1.82, 2.24) is 4.98 Å². The zero-order valence-corrected chi connectivity index (χ0v) is 13.1. The summed E-state index contributed by atoms with van der Waals surface area (Å²) in [6.45, 7) is 0. The Bertz CT molecular complexity index is 1200. The van der Waals surface area contributed by atoms with E-state index in [4.69, 9.17) is 5.73 Å². The molecule has 0 radical (unpaired) electrons. The molecule has 24 heavy (non-hydrogen) atoms. The van der Waals surface area contributed by atoms with Crippen LogP contribution in [0.4, 0.5) is 5.69 Å². The van der Waals surface area contributed by atoms with Crippen molar-refractivity contribution < 1.29 is 0 Å². The predicted molar refractivity (Wildman–Crippen MR) is 103 cm³/mol. The maximum atomic E-state index is 6.37. The van der Waals surface area contributed by atoms with E-state index in [1.807, 2.05) is 18.2 Å². The van der Waals surface area contributed by atoms with Crippen molar-refractivity contribution in [1.29, 1.82) is 0 Å². The highest BCUT2D eigenvalue weighted by Gasteiger charge is 2.11. The number of nitrogens with two attached hydrogens (primary N) is 1. The highest BCUT2D eigenvalue weighted by Crippen LogP contribution is 2.36. The Morgan fingerprint density at radius 2 is 1.46 bits per heavy atom. The molecule has 0 aliphatic rings. The normalized spacial score (nSPS) is 11.5. The molecule has 0 amide bonds. The van der Waals surface area contributed by atoms with Crippen molar-refractivity contribution >= 4 is 38.3 Å². The first-order valence-electron chi connectivity index (χ1n) is 8.09. The molecule has 5 aromatic rings. The third kappa shape index (κ3) is 1.83. The first-order chi connectivity index (χ1) is 11.8. The summed E-state index contributed by atoms with van der Waals surface area (Å²) in [6, 6.07) is 27.3. The molecule has 4 aromatic carbocycles. The van der Waals surface area contributed by atoms with Crippen LogP contribution in [0.25, 0.3) is 43.7 Å². The van der Waals surface area contributed by atoms with Crippen LogP contribution in [-0.2, 0) is 0 Å². The van der Waals surface area contributed by atoms with Gasteiger partial charge in [-0.05, 0) is 23.1 Å². The van der Waals surface area contributed by atoms with Crippen LogP contribution in [0.1, 0.15) is 0 Å². The van der Waals surface area contributed by atoms with Gasteiger partial charge in [-0.3, -0.25) is 0 Å². The average Bonchev–Trinajstić information content (AvgIpc) is 3.00. The molecular weight excluding hydrogens is 292 g/mol. The Labute approximate surface area is 139 Å². The van der Waals surface area contributed by atoms with Gasteiger partial charge in [0.15, 0.2) is 0 Å². The average molecular weight is 308 g/mol. The summed E-state index contributed by atoms with van der Waals surface area (Å²) in [6.07, 6.45) is 0. The van der Waals surface area contributed by atoms with E-state index in [-0.39, 0.29) is 0 Å². The highest BCUT2D eigenvalue weighted by atomic mass is 14.7. The second-order valence-corrected chi connectivity index (χ2v) is 6.19. The maximum Gasteiger partial charge on any atom is 0.0544 e. The van der Waals surface area contributed by atoms with Gasteiger partial charge >= 0.3 is 0 Å². The number of aromatic amines is 1. The second kappa shape index (κ2) is 4.87. The summed E-state index contributed by atoms with van der Waals surface area (Å²) in [7, 11) is 0. The van der Waals surface area contributed by atoms with Crippen molar-refractivity contribution in [2.75, 3.05) is 5.73 Å². The molecule has 5 rings (SSSR count). The molecule has 0 saturated heterocycles. The zero-order chi connectivity index (χ0) is 16.1. The second-order valence-electron chi connectivity index (χ2n) is 6.19. The van der Waals surface area contributed by atoms with Crippen LogP contribution < -0.4 is 5.73 Å². The largest absolute Gasteiger partial charge is 0.398 e. The van der Waals surface area contributed by atoms with Crippen LogP contribution in [0.5, 0.6) is 0 Å². The van der Waals surface area contributed by atoms with E-state index in [0.29, 0.717) is 0 Å². The summed E-state index contributed by atoms with van der Waals surface area (Å²) in [5.74, 6) is 0. The summed E-state index contributed by atoms with van der Waals surface area (Å²) < 4.78 is 0. The molecule has 0 saturated carbocycles. The van der Waals surface area contributed by atoms with Gasteiger partial charge in [0.1, 0.15) is 0 Å². The lowest BCUT2D eigenvalue weighted by Gasteiger charge is -2.06. The van der Waals surface area contributed by atoms with Gasteiger partial charge in [-0.25, -0.2) is 0 Å². The van der Waals surface area contributed by atoms with E-state index < -0.39 is 0 Å². The third-order valence-electron chi connectivity index (χ3n) is 4.75. The first kappa shape index (κ1) is 13.2. The van der Waals surface area contributed by atoms with Crippen LogP contribution in [0.15, 0.2) is 78.9 Å². The number of rotatable bonds is 1. The van der Waals surface area contributed by atoms with Gasteiger partial charge in [-0.2, -0.15) is 0 Å². The molecule has 0 spiro atoms. The van der Waals surface area contributed by atoms with Crippen molar-refractivity contribution in [2.45, 2.75) is 0 Å². The number of anilines is 1. The van der Waals surface area contributed by atoms with Crippen LogP contribution in [0.3, 0.4) is 0 Å². The zero-order valence-electron chi connectivity index (χ0n) is 13.1. The van der Waals surface area contributed by atoms with Crippen molar-refractivity contribution in [2.24, 2.45) is 0 Å². The molecule has 0 bridgehead atoms. The third-order valence-corrected chi connectivity index (χ3v) is 4.75. The summed E-state index contributed by atoms with van der Waals surface area (Å²) in [5, 5.41) is 4.88. The van der Waals surface area contributed by atoms with Crippen molar-refractivity contribution in [3.05, 3.63) is 78.9 Å². The highest BCUT2D eigenvalue weighted by molar-refractivity contribution is 6.18. The lowest BCUT2D eigenvalue weighted by Crippen LogP contribution is -1.89. The first-order valence-corrected chi connectivity index (χ1v) is 8.09. The van der Waals surface area contributed by atoms with Crippen LogP contribution in [0.2, 0.25) is 0 Å². The van der Waals surface area contributed by atoms with E-state index in [9.17, 15) is 0 Å². The Balaban J connectivity index is 1.88. The lowest BCUT2D eigenvalue weighted by molar-refractivity contribution is 1.55. The molecule has 3 N–H and O–H groups in total. The van der Waals surface area contributed by atoms with Gasteiger partial charge < -0.3 is 10.7 Å². The predicted octanol–water partition coefficient (Wildman–Crippen LogP) is 5.72. The van der Waals surface area contributed by atoms with Gasteiger partial charge in [-0.1, -0.05) is 66.7 Å². The van der Waals surface area contributed by atoms with E-state index in [0.717, 1.165) is 22.3 Å². The lowest BCUT2D eigenvalue weighted by atomic mass is 10.0. The minimum Gasteiger partial charge on any atom is -0.398 e. The number of nitrogen functional groups attached to an aromatic ring is 1. The number of nitrogens with one attached hydrogen (secondary N) is 1. The molecular formula is C22H16N2. The van der Waals surface area contributed by atoms with E-state index in [2.05, 4.69) is 65.6 Å². The van der Waals surface area contributed by atoms with E-state index in [1.165, 1.54) is 27.1 Å². The monoisotopic (exact) mass is 308 g/mol. The van der Waals surface area contributed by atoms with Crippen LogP contribution in [0, 0.1) is 0 Å². The topological polar surface area (TPSA) is 41.8 Å². The molecule has 0 aliphatic heterocycles. The maximum absolute atomic E-state index is 6.37. The number of aromatic nitrogens is 1. The number of H-pyrrole nitrogens is 1. The van der Waals surface area contributed by atoms with Crippen LogP contribution in [-0.4, -0.2) is 4.98 Å². The fraction of sp³-hybridized carbons (Fsp3) is 0. The number of fused-ring (bicyclic) bond motifs is 5. The fourth-order valence-corrected chi connectivity index (χ4v) is 3.58. The van der Waals surface area contributed by atoms with Crippen LogP contribution >= 0.6 is 0 Å². The minimum absolute atomic E-state index is 0.808. The fourth-order valence-electron chi connectivity index (χ4n) is 3.58. The van der Waals surface area contributed by atoms with Crippen molar-refractivity contribution in [3.63, 3.8) is 0 Å². The molecule has 1 aromatic heterocycles. The number of benzene rings is 4. The molecule has 0 fully saturated rings. The minimum atomic E-state index is 0.808. The van der Waals surface area contributed by atoms with Gasteiger partial charge in [-0.15, -0.1) is 0 Å². The van der Waals surface area contributed by atoms with Gasteiger partial charge in [0.25, 0.3) is 0 Å². The van der Waals surface area contributed by atoms with Gasteiger partial charge in [0.2, 0.25) is 0 Å². The van der Waals surface area contributed by atoms with E-state index in [1.54, 1.807) is 0 Å². The molecule has 1 heterocycles. The summed E-state index contributed by atoms with van der Waals surface area (Å²) >= 11 is 0. The molecule has 0 aliphatic carbocycles. The summed E-state index contributed by atoms with van der Waals surface area (Å²) in [4.78, 5) is 3.60. The van der Waals surface area contributed by atoms with Gasteiger partial charge in [0.05, 0.1) is 5.52 Å². The number of hydrogen-bond acceptors (Lipinski definition) is 1.